The number of methoxy groups -OCH3 is 1. The van der Waals surface area contributed by atoms with Crippen LogP contribution >= 0.6 is 0 Å². The number of carbonyl (C=O) groups is 1. The second-order valence-electron chi connectivity index (χ2n) is 3.87. The van der Waals surface area contributed by atoms with Gasteiger partial charge in [0.25, 0.3) is 0 Å². The summed E-state index contributed by atoms with van der Waals surface area (Å²) in [5, 5.41) is 5.83. The van der Waals surface area contributed by atoms with E-state index in [9.17, 15) is 4.79 Å². The highest BCUT2D eigenvalue weighted by molar-refractivity contribution is 5.91. The van der Waals surface area contributed by atoms with Crippen molar-refractivity contribution in [2.75, 3.05) is 32.1 Å². The molecule has 0 aliphatic carbocycles. The summed E-state index contributed by atoms with van der Waals surface area (Å²) >= 11 is 0. The summed E-state index contributed by atoms with van der Waals surface area (Å²) in [6.07, 6.45) is 0.172. The van der Waals surface area contributed by atoms with E-state index >= 15 is 0 Å². The lowest BCUT2D eigenvalue weighted by Crippen LogP contribution is -2.49. The van der Waals surface area contributed by atoms with Gasteiger partial charge in [0.05, 0.1) is 13.2 Å². The minimum atomic E-state index is -0.148. The first-order valence-electron chi connectivity index (χ1n) is 5.54. The van der Waals surface area contributed by atoms with Crippen LogP contribution in [-0.4, -0.2) is 38.8 Å². The van der Waals surface area contributed by atoms with Gasteiger partial charge in [0, 0.05) is 24.8 Å². The average Bonchev–Trinajstić information content (AvgIpc) is 2.27. The van der Waals surface area contributed by atoms with Crippen LogP contribution in [-0.2, 0) is 9.53 Å². The maximum absolute atomic E-state index is 11.6. The first-order valence-corrected chi connectivity index (χ1v) is 5.54. The molecular weight excluding hydrogens is 220 g/mol. The Morgan fingerprint density at radius 2 is 2.35 bits per heavy atom. The zero-order valence-electron chi connectivity index (χ0n) is 9.73. The zero-order chi connectivity index (χ0) is 12.1. The molecule has 5 heteroatoms. The summed E-state index contributed by atoms with van der Waals surface area (Å²) in [6.45, 7) is 1.74. The van der Waals surface area contributed by atoms with Gasteiger partial charge in [-0.1, -0.05) is 6.07 Å². The van der Waals surface area contributed by atoms with Gasteiger partial charge in [-0.15, -0.1) is 0 Å². The van der Waals surface area contributed by atoms with Crippen molar-refractivity contribution >= 4 is 11.6 Å². The minimum Gasteiger partial charge on any atom is -0.497 e. The first kappa shape index (κ1) is 11.9. The number of hydrogen-bond acceptors (Lipinski definition) is 4. The van der Waals surface area contributed by atoms with Crippen molar-refractivity contribution in [2.24, 2.45) is 0 Å². The number of benzene rings is 1. The summed E-state index contributed by atoms with van der Waals surface area (Å²) in [4.78, 5) is 11.6. The van der Waals surface area contributed by atoms with Gasteiger partial charge in [-0.2, -0.15) is 0 Å². The van der Waals surface area contributed by atoms with E-state index in [-0.39, 0.29) is 18.6 Å². The normalized spacial score (nSPS) is 15.1. The fourth-order valence-electron chi connectivity index (χ4n) is 1.47. The molecule has 17 heavy (non-hydrogen) atoms. The van der Waals surface area contributed by atoms with Gasteiger partial charge in [0.1, 0.15) is 12.4 Å². The van der Waals surface area contributed by atoms with Crippen LogP contribution in [0.4, 0.5) is 5.69 Å². The van der Waals surface area contributed by atoms with Gasteiger partial charge < -0.3 is 20.1 Å². The molecule has 1 aromatic carbocycles. The Morgan fingerprint density at radius 3 is 3.00 bits per heavy atom. The van der Waals surface area contributed by atoms with E-state index in [1.54, 1.807) is 13.2 Å². The number of anilines is 1. The third-order valence-corrected chi connectivity index (χ3v) is 2.55. The van der Waals surface area contributed by atoms with Crippen LogP contribution < -0.4 is 15.4 Å². The van der Waals surface area contributed by atoms with Crippen molar-refractivity contribution in [1.82, 2.24) is 5.32 Å². The molecule has 0 spiro atoms. The minimum absolute atomic E-state index is 0.0869. The fraction of sp³-hybridized carbons (Fsp3) is 0.417. The smallest absolute Gasteiger partial charge is 0.250 e. The van der Waals surface area contributed by atoms with Crippen LogP contribution in [0, 0.1) is 0 Å². The van der Waals surface area contributed by atoms with Gasteiger partial charge in [0.15, 0.2) is 0 Å². The van der Waals surface area contributed by atoms with Crippen molar-refractivity contribution in [1.29, 1.82) is 0 Å². The number of rotatable bonds is 5. The maximum atomic E-state index is 11.6. The van der Waals surface area contributed by atoms with Crippen LogP contribution in [0.1, 0.15) is 0 Å². The second kappa shape index (κ2) is 5.65. The maximum Gasteiger partial charge on any atom is 0.250 e. The van der Waals surface area contributed by atoms with Gasteiger partial charge in [-0.25, -0.2) is 0 Å². The van der Waals surface area contributed by atoms with E-state index in [2.05, 4.69) is 10.6 Å². The SMILES string of the molecule is COc1cccc(NC(=O)COC2CNC2)c1. The van der Waals surface area contributed by atoms with Crippen LogP contribution in [0.2, 0.25) is 0 Å². The number of amides is 1. The molecule has 1 heterocycles. The second-order valence-corrected chi connectivity index (χ2v) is 3.87. The van der Waals surface area contributed by atoms with Crippen molar-refractivity contribution < 1.29 is 14.3 Å². The van der Waals surface area contributed by atoms with Crippen LogP contribution in [0.25, 0.3) is 0 Å². The quantitative estimate of drug-likeness (QED) is 0.787. The number of carbonyl (C=O) groups excluding carboxylic acids is 1. The van der Waals surface area contributed by atoms with E-state index in [0.29, 0.717) is 11.4 Å². The Kier molecular flexibility index (Phi) is 3.95. The lowest BCUT2D eigenvalue weighted by Gasteiger charge is -2.26. The molecule has 1 fully saturated rings. The lowest BCUT2D eigenvalue weighted by atomic mass is 10.2. The largest absolute Gasteiger partial charge is 0.497 e. The molecule has 0 unspecified atom stereocenters. The Bertz CT molecular complexity index is 391. The molecule has 1 aromatic rings. The van der Waals surface area contributed by atoms with Gasteiger partial charge >= 0.3 is 0 Å². The summed E-state index contributed by atoms with van der Waals surface area (Å²) < 4.78 is 10.4. The molecule has 92 valence electrons. The molecule has 0 radical (unpaired) electrons. The molecule has 1 aliphatic heterocycles. The Hall–Kier alpha value is -1.59. The summed E-state index contributed by atoms with van der Waals surface area (Å²) in [6, 6.07) is 7.23. The number of nitrogens with one attached hydrogen (secondary N) is 2. The molecule has 2 rings (SSSR count). The van der Waals surface area contributed by atoms with Crippen LogP contribution in [0.15, 0.2) is 24.3 Å². The van der Waals surface area contributed by atoms with Crippen LogP contribution in [0.5, 0.6) is 5.75 Å². The summed E-state index contributed by atoms with van der Waals surface area (Å²) in [5.41, 5.74) is 0.713. The van der Waals surface area contributed by atoms with E-state index in [0.717, 1.165) is 13.1 Å². The average molecular weight is 236 g/mol. The molecule has 0 bridgehead atoms. The standard InChI is InChI=1S/C12H16N2O3/c1-16-10-4-2-3-9(5-10)14-12(15)8-17-11-6-13-7-11/h2-5,11,13H,6-8H2,1H3,(H,14,15). The van der Waals surface area contributed by atoms with Gasteiger partial charge in [-0.05, 0) is 12.1 Å². The molecular formula is C12H16N2O3. The van der Waals surface area contributed by atoms with Crippen molar-refractivity contribution in [3.05, 3.63) is 24.3 Å². The lowest BCUT2D eigenvalue weighted by molar-refractivity contribution is -0.123. The molecule has 0 atom stereocenters. The topological polar surface area (TPSA) is 59.6 Å². The molecule has 1 saturated heterocycles. The number of hydrogen-bond donors (Lipinski definition) is 2. The van der Waals surface area contributed by atoms with E-state index in [4.69, 9.17) is 9.47 Å². The highest BCUT2D eigenvalue weighted by Gasteiger charge is 2.18. The summed E-state index contributed by atoms with van der Waals surface area (Å²) in [7, 11) is 1.59. The fourth-order valence-corrected chi connectivity index (χ4v) is 1.47. The molecule has 0 saturated carbocycles. The van der Waals surface area contributed by atoms with Gasteiger partial charge in [-0.3, -0.25) is 4.79 Å². The van der Waals surface area contributed by atoms with Gasteiger partial charge in [0.2, 0.25) is 5.91 Å². The predicted octanol–water partition coefficient (Wildman–Crippen LogP) is 0.622. The highest BCUT2D eigenvalue weighted by atomic mass is 16.5. The molecule has 2 N–H and O–H groups in total. The first-order chi connectivity index (χ1) is 8.28. The third kappa shape index (κ3) is 3.44. The molecule has 0 aromatic heterocycles. The van der Waals surface area contributed by atoms with E-state index in [1.165, 1.54) is 0 Å². The summed E-state index contributed by atoms with van der Waals surface area (Å²) in [5.74, 6) is 0.567. The highest BCUT2D eigenvalue weighted by Crippen LogP contribution is 2.16. The van der Waals surface area contributed by atoms with Crippen molar-refractivity contribution in [2.45, 2.75) is 6.10 Å². The zero-order valence-corrected chi connectivity index (χ0v) is 9.73. The Balaban J connectivity index is 1.79. The van der Waals surface area contributed by atoms with E-state index < -0.39 is 0 Å². The molecule has 5 nitrogen and oxygen atoms in total. The van der Waals surface area contributed by atoms with Crippen molar-refractivity contribution in [3.63, 3.8) is 0 Å². The Morgan fingerprint density at radius 1 is 1.53 bits per heavy atom. The van der Waals surface area contributed by atoms with Crippen molar-refractivity contribution in [3.8, 4) is 5.75 Å². The molecule has 1 aliphatic rings. The molecule has 1 amide bonds. The third-order valence-electron chi connectivity index (χ3n) is 2.55. The monoisotopic (exact) mass is 236 g/mol. The predicted molar refractivity (Wildman–Crippen MR) is 64.2 cm³/mol. The number of ether oxygens (including phenoxy) is 2. The van der Waals surface area contributed by atoms with E-state index in [1.807, 2.05) is 18.2 Å². The van der Waals surface area contributed by atoms with Crippen LogP contribution in [0.3, 0.4) is 0 Å². The Labute approximate surface area is 100 Å².